The van der Waals surface area contributed by atoms with Gasteiger partial charge < -0.3 is 10.1 Å². The molecule has 4 aliphatic rings. The van der Waals surface area contributed by atoms with E-state index in [-0.39, 0.29) is 5.69 Å². The molecule has 1 aromatic rings. The molecule has 0 radical (unpaired) electrons. The van der Waals surface area contributed by atoms with Crippen LogP contribution in [0.4, 0.5) is 18.9 Å². The molecule has 2 amide bonds. The normalized spacial score (nSPS) is 33.8. The molecule has 4 atom stereocenters. The number of piperazine rings is 1. The van der Waals surface area contributed by atoms with E-state index in [0.717, 1.165) is 56.3 Å². The molecular weight excluding hydrogens is 463 g/mol. The Kier molecular flexibility index (Phi) is 5.71. The molecule has 2 bridgehead atoms. The number of hydrogen-bond donors (Lipinski definition) is 1. The standard InChI is InChI=1S/C24H28F3N5O3/c1-22-13-31(10-9-30-7-5-29-6-8-30)14-23(2,35-22)19-18(22)20(33)32(21(19)34)16-4-3-15(12-28)17(11-16)24(25,26)27/h3-4,11,18-19,29H,5-10,13-14H2,1-2H3/t18-,19+,22+,23-. The molecule has 4 saturated heterocycles. The minimum absolute atomic E-state index is 0.165. The number of morpholine rings is 1. The average molecular weight is 492 g/mol. The second-order valence-electron chi connectivity index (χ2n) is 10.3. The second kappa shape index (κ2) is 8.27. The second-order valence-corrected chi connectivity index (χ2v) is 10.3. The highest BCUT2D eigenvalue weighted by Crippen LogP contribution is 2.55. The number of carbonyl (C=O) groups is 2. The maximum Gasteiger partial charge on any atom is 0.417 e. The summed E-state index contributed by atoms with van der Waals surface area (Å²) in [5, 5.41) is 12.4. The third kappa shape index (κ3) is 3.93. The summed E-state index contributed by atoms with van der Waals surface area (Å²) in [7, 11) is 0. The van der Waals surface area contributed by atoms with Crippen LogP contribution in [-0.4, -0.2) is 85.2 Å². The van der Waals surface area contributed by atoms with E-state index < -0.39 is 52.2 Å². The number of fused-ring (bicyclic) bond motifs is 5. The quantitative estimate of drug-likeness (QED) is 0.638. The van der Waals surface area contributed by atoms with Gasteiger partial charge in [-0.1, -0.05) is 0 Å². The Morgan fingerprint density at radius 3 is 2.17 bits per heavy atom. The predicted molar refractivity (Wildman–Crippen MR) is 119 cm³/mol. The van der Waals surface area contributed by atoms with E-state index in [9.17, 15) is 22.8 Å². The molecule has 1 aromatic carbocycles. The molecule has 8 nitrogen and oxygen atoms in total. The maximum absolute atomic E-state index is 13.6. The molecule has 0 aromatic heterocycles. The molecule has 4 aliphatic heterocycles. The fourth-order valence-corrected chi connectivity index (χ4v) is 6.40. The summed E-state index contributed by atoms with van der Waals surface area (Å²) in [4.78, 5) is 32.6. The highest BCUT2D eigenvalue weighted by atomic mass is 19.4. The summed E-state index contributed by atoms with van der Waals surface area (Å²) in [6, 6.07) is 4.48. The van der Waals surface area contributed by atoms with Gasteiger partial charge in [0.25, 0.3) is 0 Å². The third-order valence-electron chi connectivity index (χ3n) is 7.79. The van der Waals surface area contributed by atoms with Gasteiger partial charge in [-0.25, -0.2) is 4.90 Å². The molecule has 4 fully saturated rings. The zero-order chi connectivity index (χ0) is 25.2. The summed E-state index contributed by atoms with van der Waals surface area (Å²) < 4.78 is 46.9. The topological polar surface area (TPSA) is 88.9 Å². The Morgan fingerprint density at radius 2 is 1.63 bits per heavy atom. The van der Waals surface area contributed by atoms with Crippen LogP contribution in [0.15, 0.2) is 18.2 Å². The SMILES string of the molecule is C[C@]12CN(CCN3CCNCC3)C[C@](C)(O1)[C@H]1C(=O)N(c3ccc(C#N)c(C(F)(F)F)c3)C(=O)[C@H]12. The monoisotopic (exact) mass is 491 g/mol. The van der Waals surface area contributed by atoms with Gasteiger partial charge in [0, 0.05) is 52.4 Å². The molecule has 5 rings (SSSR count). The van der Waals surface area contributed by atoms with Crippen LogP contribution in [0.25, 0.3) is 0 Å². The fourth-order valence-electron chi connectivity index (χ4n) is 6.40. The van der Waals surface area contributed by atoms with E-state index >= 15 is 0 Å². The smallest absolute Gasteiger partial charge is 0.365 e. The van der Waals surface area contributed by atoms with Crippen molar-refractivity contribution >= 4 is 17.5 Å². The number of ether oxygens (including phenoxy) is 1. The van der Waals surface area contributed by atoms with Gasteiger partial charge >= 0.3 is 6.18 Å². The Bertz CT molecular complexity index is 1060. The molecular formula is C24H28F3N5O3. The van der Waals surface area contributed by atoms with Gasteiger partial charge in [-0.2, -0.15) is 18.4 Å². The largest absolute Gasteiger partial charge is 0.417 e. The van der Waals surface area contributed by atoms with Gasteiger partial charge in [0.2, 0.25) is 11.8 Å². The molecule has 0 aliphatic carbocycles. The van der Waals surface area contributed by atoms with Gasteiger partial charge in [-0.3, -0.25) is 19.4 Å². The number of benzene rings is 1. The highest BCUT2D eigenvalue weighted by Gasteiger charge is 2.71. The minimum atomic E-state index is -4.79. The zero-order valence-electron chi connectivity index (χ0n) is 19.7. The van der Waals surface area contributed by atoms with Crippen molar-refractivity contribution in [3.05, 3.63) is 29.3 Å². The van der Waals surface area contributed by atoms with Crippen LogP contribution in [0.5, 0.6) is 0 Å². The number of hydrogen-bond acceptors (Lipinski definition) is 7. The van der Waals surface area contributed by atoms with Gasteiger partial charge in [-0.15, -0.1) is 0 Å². The van der Waals surface area contributed by atoms with E-state index in [0.29, 0.717) is 13.1 Å². The van der Waals surface area contributed by atoms with Crippen LogP contribution < -0.4 is 10.2 Å². The molecule has 4 heterocycles. The van der Waals surface area contributed by atoms with Crippen molar-refractivity contribution in [2.45, 2.75) is 31.2 Å². The molecule has 0 unspecified atom stereocenters. The van der Waals surface area contributed by atoms with Crippen LogP contribution >= 0.6 is 0 Å². The Hall–Kier alpha value is -2.52. The lowest BCUT2D eigenvalue weighted by Crippen LogP contribution is -2.59. The highest BCUT2D eigenvalue weighted by molar-refractivity contribution is 6.23. The average Bonchev–Trinajstić information content (AvgIpc) is 3.17. The van der Waals surface area contributed by atoms with Crippen molar-refractivity contribution < 1.29 is 27.5 Å². The number of rotatable bonds is 4. The molecule has 188 valence electrons. The number of imide groups is 1. The molecule has 11 heteroatoms. The van der Waals surface area contributed by atoms with Crippen molar-refractivity contribution in [1.82, 2.24) is 15.1 Å². The fraction of sp³-hybridized carbons (Fsp3) is 0.625. The van der Waals surface area contributed by atoms with Gasteiger partial charge in [0.1, 0.15) is 0 Å². The molecule has 35 heavy (non-hydrogen) atoms. The number of halogens is 3. The van der Waals surface area contributed by atoms with Gasteiger partial charge in [0.05, 0.1) is 45.9 Å². The number of carbonyl (C=O) groups excluding carboxylic acids is 2. The first-order valence-electron chi connectivity index (χ1n) is 11.8. The predicted octanol–water partition coefficient (Wildman–Crippen LogP) is 1.45. The van der Waals surface area contributed by atoms with Crippen molar-refractivity contribution in [2.75, 3.05) is 57.3 Å². The van der Waals surface area contributed by atoms with E-state index in [1.165, 1.54) is 12.1 Å². The number of alkyl halides is 3. The number of anilines is 1. The summed E-state index contributed by atoms with van der Waals surface area (Å²) in [6.45, 7) is 10.1. The van der Waals surface area contributed by atoms with E-state index in [2.05, 4.69) is 15.1 Å². The van der Waals surface area contributed by atoms with Crippen LogP contribution in [0, 0.1) is 23.2 Å². The number of likely N-dealkylation sites (tertiary alicyclic amines) is 1. The van der Waals surface area contributed by atoms with E-state index in [4.69, 9.17) is 10.00 Å². The Morgan fingerprint density at radius 1 is 1.06 bits per heavy atom. The van der Waals surface area contributed by atoms with Crippen molar-refractivity contribution in [3.63, 3.8) is 0 Å². The summed E-state index contributed by atoms with van der Waals surface area (Å²) >= 11 is 0. The lowest BCUT2D eigenvalue weighted by atomic mass is 9.79. The Labute approximate surface area is 201 Å². The van der Waals surface area contributed by atoms with E-state index in [1.807, 2.05) is 13.8 Å². The lowest BCUT2D eigenvalue weighted by molar-refractivity contribution is -0.169. The first-order valence-corrected chi connectivity index (χ1v) is 11.8. The summed E-state index contributed by atoms with van der Waals surface area (Å²) in [5.41, 5.74) is -3.74. The van der Waals surface area contributed by atoms with Gasteiger partial charge in [-0.05, 0) is 32.0 Å². The first kappa shape index (κ1) is 24.2. The Balaban J connectivity index is 1.41. The van der Waals surface area contributed by atoms with Crippen molar-refractivity contribution in [2.24, 2.45) is 11.8 Å². The van der Waals surface area contributed by atoms with Crippen LogP contribution in [0.1, 0.15) is 25.0 Å². The van der Waals surface area contributed by atoms with Crippen molar-refractivity contribution in [3.8, 4) is 6.07 Å². The number of nitriles is 1. The summed E-state index contributed by atoms with van der Waals surface area (Å²) in [6.07, 6.45) is -4.79. The zero-order valence-corrected chi connectivity index (χ0v) is 19.7. The maximum atomic E-state index is 13.6. The van der Waals surface area contributed by atoms with Crippen LogP contribution in [0.3, 0.4) is 0 Å². The summed E-state index contributed by atoms with van der Waals surface area (Å²) in [5.74, 6) is -2.66. The van der Waals surface area contributed by atoms with Crippen LogP contribution in [-0.2, 0) is 20.5 Å². The molecule has 0 saturated carbocycles. The number of amides is 2. The molecule has 1 N–H and O–H groups in total. The van der Waals surface area contributed by atoms with Crippen molar-refractivity contribution in [1.29, 1.82) is 5.26 Å². The molecule has 0 spiro atoms. The van der Waals surface area contributed by atoms with Gasteiger partial charge in [0.15, 0.2) is 0 Å². The van der Waals surface area contributed by atoms with Crippen LogP contribution in [0.2, 0.25) is 0 Å². The third-order valence-corrected chi connectivity index (χ3v) is 7.79. The lowest BCUT2D eigenvalue weighted by Gasteiger charge is -2.45. The minimum Gasteiger partial charge on any atom is -0.365 e. The first-order chi connectivity index (χ1) is 16.5. The van der Waals surface area contributed by atoms with E-state index in [1.54, 1.807) is 0 Å². The number of nitrogens with zero attached hydrogens (tertiary/aromatic N) is 4. The number of nitrogens with one attached hydrogen (secondary N) is 1.